The third kappa shape index (κ3) is 7.59. The second-order valence-electron chi connectivity index (χ2n) is 12.0. The van der Waals surface area contributed by atoms with Gasteiger partial charge in [-0.15, -0.1) is 0 Å². The van der Waals surface area contributed by atoms with Gasteiger partial charge in [0.15, 0.2) is 0 Å². The Bertz CT molecular complexity index is 1410. The molecule has 0 unspecified atom stereocenters. The van der Waals surface area contributed by atoms with Crippen molar-refractivity contribution in [2.24, 2.45) is 0 Å². The van der Waals surface area contributed by atoms with Crippen molar-refractivity contribution < 1.29 is 18.9 Å². The van der Waals surface area contributed by atoms with Crippen molar-refractivity contribution in [1.82, 2.24) is 0 Å². The van der Waals surface area contributed by atoms with Crippen molar-refractivity contribution in [3.63, 3.8) is 0 Å². The monoisotopic (exact) mass is 735 g/mol. The summed E-state index contributed by atoms with van der Waals surface area (Å²) in [5.41, 5.74) is 4.40. The molecule has 0 aliphatic carbocycles. The fraction of sp³-hybridized carbons (Fsp3) is 0.421. The van der Waals surface area contributed by atoms with E-state index in [4.69, 9.17) is 18.9 Å². The number of methoxy groups -OCH3 is 2. The quantitative estimate of drug-likeness (QED) is 0.107. The minimum atomic E-state index is -2.75. The minimum absolute atomic E-state index is 0.609. The first kappa shape index (κ1) is 33.5. The SMILES string of the molecule is CCC[CH2][Sn]([CH2]CCC)([CH2]CCC)[c]1sc(-c2ccc(N(c3ccc(OC)cc3)c3ccc(OC)cc3)cc2)c2c1OCCO2. The van der Waals surface area contributed by atoms with Crippen LogP contribution in [0.2, 0.25) is 13.3 Å². The fourth-order valence-corrected chi connectivity index (χ4v) is 27.2. The number of ether oxygens (including phenoxy) is 4. The van der Waals surface area contributed by atoms with Gasteiger partial charge in [-0.25, -0.2) is 0 Å². The maximum absolute atomic E-state index is 6.53. The Hall–Kier alpha value is -2.84. The Balaban J connectivity index is 1.56. The van der Waals surface area contributed by atoms with Crippen LogP contribution >= 0.6 is 11.3 Å². The van der Waals surface area contributed by atoms with Gasteiger partial charge in [-0.2, -0.15) is 0 Å². The topological polar surface area (TPSA) is 40.2 Å². The van der Waals surface area contributed by atoms with E-state index in [1.165, 1.54) is 62.3 Å². The Kier molecular flexibility index (Phi) is 12.0. The van der Waals surface area contributed by atoms with Gasteiger partial charge >= 0.3 is 256 Å². The van der Waals surface area contributed by atoms with Gasteiger partial charge in [-0.1, -0.05) is 0 Å². The Morgan fingerprint density at radius 3 is 1.47 bits per heavy atom. The van der Waals surface area contributed by atoms with Crippen molar-refractivity contribution in [2.75, 3.05) is 32.3 Å². The van der Waals surface area contributed by atoms with E-state index in [0.717, 1.165) is 40.1 Å². The summed E-state index contributed by atoms with van der Waals surface area (Å²) in [5, 5.41) is 0. The van der Waals surface area contributed by atoms with Crippen LogP contribution in [-0.2, 0) is 0 Å². The molecule has 0 fully saturated rings. The van der Waals surface area contributed by atoms with Gasteiger partial charge in [-0.3, -0.25) is 0 Å². The molecule has 1 aliphatic heterocycles. The Morgan fingerprint density at radius 2 is 1.04 bits per heavy atom. The zero-order valence-corrected chi connectivity index (χ0v) is 31.4. The summed E-state index contributed by atoms with van der Waals surface area (Å²) in [6, 6.07) is 25.4. The number of anilines is 3. The first-order valence-electron chi connectivity index (χ1n) is 16.7. The molecule has 0 spiro atoms. The molecule has 1 aromatic heterocycles. The van der Waals surface area contributed by atoms with Crippen LogP contribution in [0.5, 0.6) is 23.0 Å². The average Bonchev–Trinajstić information content (AvgIpc) is 3.49. The first-order chi connectivity index (χ1) is 22.1. The summed E-state index contributed by atoms with van der Waals surface area (Å²) in [7, 11) is 3.40. The molecule has 5 nitrogen and oxygen atoms in total. The van der Waals surface area contributed by atoms with Crippen molar-refractivity contribution in [3.05, 3.63) is 72.8 Å². The van der Waals surface area contributed by atoms with Crippen LogP contribution in [0, 0.1) is 0 Å². The molecule has 240 valence electrons. The summed E-state index contributed by atoms with van der Waals surface area (Å²) >= 11 is -0.747. The van der Waals surface area contributed by atoms with E-state index in [0.29, 0.717) is 13.2 Å². The van der Waals surface area contributed by atoms with Crippen LogP contribution in [0.4, 0.5) is 17.1 Å². The zero-order chi connectivity index (χ0) is 31.6. The first-order valence-corrected chi connectivity index (χ1v) is 25.0. The normalized spacial score (nSPS) is 12.6. The van der Waals surface area contributed by atoms with E-state index in [-0.39, 0.29) is 0 Å². The average molecular weight is 735 g/mol. The zero-order valence-electron chi connectivity index (χ0n) is 27.7. The van der Waals surface area contributed by atoms with Gasteiger partial charge < -0.3 is 9.47 Å². The molecule has 0 saturated carbocycles. The number of thiophene rings is 1. The van der Waals surface area contributed by atoms with Crippen molar-refractivity contribution in [3.8, 4) is 33.4 Å². The number of hydrogen-bond donors (Lipinski definition) is 0. The number of rotatable bonds is 16. The molecule has 0 atom stereocenters. The molecule has 0 radical (unpaired) electrons. The van der Waals surface area contributed by atoms with E-state index >= 15 is 0 Å². The Morgan fingerprint density at radius 1 is 0.622 bits per heavy atom. The predicted molar refractivity (Wildman–Crippen MR) is 193 cm³/mol. The van der Waals surface area contributed by atoms with Crippen LogP contribution in [0.25, 0.3) is 10.4 Å². The molecule has 2 heterocycles. The van der Waals surface area contributed by atoms with Gasteiger partial charge in [0.2, 0.25) is 0 Å². The van der Waals surface area contributed by atoms with E-state index in [9.17, 15) is 0 Å². The van der Waals surface area contributed by atoms with E-state index in [1.54, 1.807) is 17.1 Å². The number of benzene rings is 3. The van der Waals surface area contributed by atoms with Crippen molar-refractivity contribution >= 4 is 49.7 Å². The standard InChI is InChI=1S/C26H22NO4S.3C4H9.Sn/c1-28-22-11-7-20(8-12-22)27(21-9-13-23(29-2)14-10-21)19-5-3-18(4-6-19)26-25-24(17-32-26)30-15-16-31-25;3*1-3-4-2;/h3-14H,15-16H2,1-2H3;3*1,3-4H2,2H3;. The molecule has 1 aliphatic rings. The van der Waals surface area contributed by atoms with Crippen molar-refractivity contribution in [1.29, 1.82) is 0 Å². The number of hydrogen-bond acceptors (Lipinski definition) is 6. The summed E-state index contributed by atoms with van der Waals surface area (Å²) in [6.07, 6.45) is 7.76. The predicted octanol–water partition coefficient (Wildman–Crippen LogP) is 10.7. The molecular formula is C38H49NO4SSn. The molecule has 0 bridgehead atoms. The van der Waals surface area contributed by atoms with Gasteiger partial charge in [-0.05, 0) is 0 Å². The van der Waals surface area contributed by atoms with Crippen LogP contribution in [0.15, 0.2) is 72.8 Å². The molecule has 4 aromatic rings. The number of fused-ring (bicyclic) bond motifs is 1. The molecule has 7 heteroatoms. The summed E-state index contributed by atoms with van der Waals surface area (Å²) < 4.78 is 29.7. The molecule has 45 heavy (non-hydrogen) atoms. The van der Waals surface area contributed by atoms with Crippen LogP contribution in [0.3, 0.4) is 0 Å². The molecule has 5 rings (SSSR count). The Labute approximate surface area is 278 Å². The number of nitrogens with zero attached hydrogens (tertiary/aromatic N) is 1. The molecule has 0 N–H and O–H groups in total. The van der Waals surface area contributed by atoms with Gasteiger partial charge in [0, 0.05) is 0 Å². The van der Waals surface area contributed by atoms with Gasteiger partial charge in [0.1, 0.15) is 0 Å². The van der Waals surface area contributed by atoms with Gasteiger partial charge in [0.05, 0.1) is 14.2 Å². The molecular weight excluding hydrogens is 685 g/mol. The maximum atomic E-state index is 6.53. The molecule has 0 saturated heterocycles. The van der Waals surface area contributed by atoms with Crippen LogP contribution in [-0.4, -0.2) is 45.8 Å². The van der Waals surface area contributed by atoms with Crippen LogP contribution < -0.4 is 26.7 Å². The second-order valence-corrected chi connectivity index (χ2v) is 27.1. The second kappa shape index (κ2) is 16.1. The fourth-order valence-electron chi connectivity index (χ4n) is 6.42. The molecule has 0 amide bonds. The van der Waals surface area contributed by atoms with E-state index in [2.05, 4.69) is 74.2 Å². The summed E-state index contributed by atoms with van der Waals surface area (Å²) in [4.78, 5) is 3.50. The summed E-state index contributed by atoms with van der Waals surface area (Å²) in [6.45, 7) is 8.28. The molecule has 3 aromatic carbocycles. The van der Waals surface area contributed by atoms with Crippen molar-refractivity contribution in [2.45, 2.75) is 72.6 Å². The van der Waals surface area contributed by atoms with E-state index < -0.39 is 18.4 Å². The van der Waals surface area contributed by atoms with E-state index in [1.807, 2.05) is 35.6 Å². The van der Waals surface area contributed by atoms with Crippen LogP contribution in [0.1, 0.15) is 59.3 Å². The van der Waals surface area contributed by atoms with Gasteiger partial charge in [0.25, 0.3) is 0 Å². The summed E-state index contributed by atoms with van der Waals surface area (Å²) in [5.74, 6) is 3.76. The third-order valence-corrected chi connectivity index (χ3v) is 28.4. The third-order valence-electron chi connectivity index (χ3n) is 8.96. The number of unbranched alkanes of at least 4 members (excludes halogenated alkanes) is 3.